The Kier molecular flexibility index (Phi) is 4.22. The summed E-state index contributed by atoms with van der Waals surface area (Å²) in [7, 11) is 1.41. The van der Waals surface area contributed by atoms with E-state index in [1.165, 1.54) is 30.0 Å². The number of nitrogens with two attached hydrogens (primary N) is 1. The highest BCUT2D eigenvalue weighted by atomic mass is 19.4. The molecule has 4 nitrogen and oxygen atoms in total. The maximum absolute atomic E-state index is 13.1. The molecule has 1 aromatic carbocycles. The minimum absolute atomic E-state index is 0.0618. The van der Waals surface area contributed by atoms with Gasteiger partial charge in [-0.1, -0.05) is 12.1 Å². The number of alkyl halides is 3. The molecule has 0 amide bonds. The molecule has 21 heavy (non-hydrogen) atoms. The van der Waals surface area contributed by atoms with E-state index in [1.54, 1.807) is 6.92 Å². The van der Waals surface area contributed by atoms with Gasteiger partial charge in [-0.3, -0.25) is 0 Å². The predicted molar refractivity (Wildman–Crippen MR) is 72.6 cm³/mol. The smallest absolute Gasteiger partial charge is 0.418 e. The van der Waals surface area contributed by atoms with Crippen molar-refractivity contribution in [1.82, 2.24) is 9.78 Å². The third-order valence-electron chi connectivity index (χ3n) is 3.16. The number of para-hydroxylation sites is 1. The fourth-order valence-electron chi connectivity index (χ4n) is 2.24. The van der Waals surface area contributed by atoms with Crippen molar-refractivity contribution >= 4 is 0 Å². The van der Waals surface area contributed by atoms with Crippen molar-refractivity contribution in [2.24, 2.45) is 5.73 Å². The lowest BCUT2D eigenvalue weighted by Gasteiger charge is -2.14. The molecule has 2 rings (SSSR count). The van der Waals surface area contributed by atoms with Gasteiger partial charge in [0.25, 0.3) is 0 Å². The highest BCUT2D eigenvalue weighted by Gasteiger charge is 2.35. The molecule has 2 aromatic rings. The molecule has 114 valence electrons. The van der Waals surface area contributed by atoms with Crippen molar-refractivity contribution in [3.63, 3.8) is 0 Å². The number of ether oxygens (including phenoxy) is 1. The number of methoxy groups -OCH3 is 1. The molecule has 0 bridgehead atoms. The van der Waals surface area contributed by atoms with Gasteiger partial charge >= 0.3 is 6.18 Å². The largest absolute Gasteiger partial charge is 0.481 e. The van der Waals surface area contributed by atoms with Gasteiger partial charge in [0.1, 0.15) is 0 Å². The van der Waals surface area contributed by atoms with Crippen molar-refractivity contribution in [2.45, 2.75) is 19.5 Å². The van der Waals surface area contributed by atoms with Gasteiger partial charge in [-0.05, 0) is 32.0 Å². The molecule has 2 N–H and O–H groups in total. The number of aromatic nitrogens is 2. The highest BCUT2D eigenvalue weighted by Crippen LogP contribution is 2.36. The molecule has 0 aliphatic rings. The Bertz CT molecular complexity index is 635. The van der Waals surface area contributed by atoms with E-state index in [0.717, 1.165) is 11.6 Å². The van der Waals surface area contributed by atoms with Gasteiger partial charge in [-0.15, -0.1) is 0 Å². The molecule has 0 saturated heterocycles. The molecule has 7 heteroatoms. The molecule has 0 aliphatic carbocycles. The first-order valence-electron chi connectivity index (χ1n) is 6.39. The summed E-state index contributed by atoms with van der Waals surface area (Å²) in [5.41, 5.74) is 6.03. The van der Waals surface area contributed by atoms with Gasteiger partial charge in [0.05, 0.1) is 24.1 Å². The summed E-state index contributed by atoms with van der Waals surface area (Å²) in [5, 5.41) is 4.18. The summed E-state index contributed by atoms with van der Waals surface area (Å²) in [6, 6.07) is 5.26. The lowest BCUT2D eigenvalue weighted by molar-refractivity contribution is -0.137. The van der Waals surface area contributed by atoms with Crippen LogP contribution in [0.4, 0.5) is 13.2 Å². The van der Waals surface area contributed by atoms with Crippen LogP contribution in [-0.2, 0) is 12.6 Å². The second-order valence-electron chi connectivity index (χ2n) is 4.54. The van der Waals surface area contributed by atoms with E-state index in [-0.39, 0.29) is 11.6 Å². The van der Waals surface area contributed by atoms with E-state index in [2.05, 4.69) is 5.10 Å². The first-order chi connectivity index (χ1) is 9.90. The number of rotatable bonds is 4. The molecule has 0 spiro atoms. The molecular weight excluding hydrogens is 283 g/mol. The monoisotopic (exact) mass is 299 g/mol. The number of benzene rings is 1. The quantitative estimate of drug-likeness (QED) is 0.944. The second kappa shape index (κ2) is 5.77. The molecule has 0 aliphatic heterocycles. The van der Waals surface area contributed by atoms with E-state index < -0.39 is 11.7 Å². The Hall–Kier alpha value is -2.02. The SMILES string of the molecule is COc1c(CCN)c(C)nn1-c1ccccc1C(F)(F)F. The van der Waals surface area contributed by atoms with Crippen LogP contribution in [0, 0.1) is 6.92 Å². The maximum Gasteiger partial charge on any atom is 0.418 e. The van der Waals surface area contributed by atoms with Crippen LogP contribution in [-0.4, -0.2) is 23.4 Å². The minimum atomic E-state index is -4.46. The van der Waals surface area contributed by atoms with Crippen LogP contribution in [0.25, 0.3) is 5.69 Å². The molecule has 1 heterocycles. The minimum Gasteiger partial charge on any atom is -0.481 e. The maximum atomic E-state index is 13.1. The lowest BCUT2D eigenvalue weighted by atomic mass is 10.1. The summed E-state index contributed by atoms with van der Waals surface area (Å²) >= 11 is 0. The molecule has 0 atom stereocenters. The van der Waals surface area contributed by atoms with Crippen LogP contribution >= 0.6 is 0 Å². The van der Waals surface area contributed by atoms with Crippen LogP contribution in [0.1, 0.15) is 16.8 Å². The summed E-state index contributed by atoms with van der Waals surface area (Å²) < 4.78 is 45.8. The van der Waals surface area contributed by atoms with Crippen molar-refractivity contribution in [2.75, 3.05) is 13.7 Å². The molecule has 1 aromatic heterocycles. The predicted octanol–water partition coefficient (Wildman–Crippen LogP) is 2.71. The Morgan fingerprint density at radius 1 is 1.29 bits per heavy atom. The van der Waals surface area contributed by atoms with Crippen LogP contribution in [0.2, 0.25) is 0 Å². The fraction of sp³-hybridized carbons (Fsp3) is 0.357. The van der Waals surface area contributed by atoms with E-state index in [1.807, 2.05) is 0 Å². The summed E-state index contributed by atoms with van der Waals surface area (Å²) in [6.07, 6.45) is -3.97. The Morgan fingerprint density at radius 2 is 1.95 bits per heavy atom. The molecule has 0 saturated carbocycles. The summed E-state index contributed by atoms with van der Waals surface area (Å²) in [5.74, 6) is 0.287. The van der Waals surface area contributed by atoms with Crippen molar-refractivity contribution < 1.29 is 17.9 Å². The number of hydrogen-bond donors (Lipinski definition) is 1. The standard InChI is InChI=1S/C14H16F3N3O/c1-9-10(7-8-18)13(21-2)20(19-9)12-6-4-3-5-11(12)14(15,16)17/h3-6H,7-8,18H2,1-2H3. The highest BCUT2D eigenvalue weighted by molar-refractivity contribution is 5.47. The van der Waals surface area contributed by atoms with Crippen LogP contribution in [0.3, 0.4) is 0 Å². The average molecular weight is 299 g/mol. The van der Waals surface area contributed by atoms with Crippen LogP contribution in [0.5, 0.6) is 5.88 Å². The topological polar surface area (TPSA) is 53.1 Å². The zero-order chi connectivity index (χ0) is 15.6. The first-order valence-corrected chi connectivity index (χ1v) is 6.39. The Labute approximate surface area is 120 Å². The summed E-state index contributed by atoms with van der Waals surface area (Å²) in [6.45, 7) is 2.09. The third kappa shape index (κ3) is 2.87. The first kappa shape index (κ1) is 15.4. The lowest BCUT2D eigenvalue weighted by Crippen LogP contribution is -2.12. The Morgan fingerprint density at radius 3 is 2.52 bits per heavy atom. The summed E-state index contributed by atoms with van der Waals surface area (Å²) in [4.78, 5) is 0. The second-order valence-corrected chi connectivity index (χ2v) is 4.54. The normalized spacial score (nSPS) is 11.7. The van der Waals surface area contributed by atoms with Crippen molar-refractivity contribution in [1.29, 1.82) is 0 Å². The van der Waals surface area contributed by atoms with Crippen molar-refractivity contribution in [3.05, 3.63) is 41.1 Å². The zero-order valence-corrected chi connectivity index (χ0v) is 11.7. The molecule has 0 fully saturated rings. The number of aryl methyl sites for hydroxylation is 1. The van der Waals surface area contributed by atoms with Crippen LogP contribution < -0.4 is 10.5 Å². The Balaban J connectivity index is 2.66. The fourth-order valence-corrected chi connectivity index (χ4v) is 2.24. The van der Waals surface area contributed by atoms with Crippen LogP contribution in [0.15, 0.2) is 24.3 Å². The van der Waals surface area contributed by atoms with Gasteiger partial charge in [0.15, 0.2) is 0 Å². The molecular formula is C14H16F3N3O. The van der Waals surface area contributed by atoms with Gasteiger partial charge in [0.2, 0.25) is 5.88 Å². The number of hydrogen-bond acceptors (Lipinski definition) is 3. The number of nitrogens with zero attached hydrogens (tertiary/aromatic N) is 2. The van der Waals surface area contributed by atoms with E-state index in [9.17, 15) is 13.2 Å². The molecule has 0 radical (unpaired) electrons. The van der Waals surface area contributed by atoms with Gasteiger partial charge in [0, 0.05) is 5.56 Å². The molecule has 0 unspecified atom stereocenters. The van der Waals surface area contributed by atoms with Gasteiger partial charge < -0.3 is 10.5 Å². The van der Waals surface area contributed by atoms with E-state index in [4.69, 9.17) is 10.5 Å². The van der Waals surface area contributed by atoms with E-state index >= 15 is 0 Å². The van der Waals surface area contributed by atoms with Gasteiger partial charge in [-0.25, -0.2) is 0 Å². The third-order valence-corrected chi connectivity index (χ3v) is 3.16. The van der Waals surface area contributed by atoms with E-state index in [0.29, 0.717) is 18.7 Å². The zero-order valence-electron chi connectivity index (χ0n) is 11.7. The number of halogens is 3. The van der Waals surface area contributed by atoms with Gasteiger partial charge in [-0.2, -0.15) is 23.0 Å². The van der Waals surface area contributed by atoms with Crippen molar-refractivity contribution in [3.8, 4) is 11.6 Å². The average Bonchev–Trinajstić information content (AvgIpc) is 2.75.